The van der Waals surface area contributed by atoms with Gasteiger partial charge in [-0.25, -0.2) is 22.7 Å². The van der Waals surface area contributed by atoms with Gasteiger partial charge in [0.25, 0.3) is 0 Å². The molecule has 0 bridgehead atoms. The number of sulfonamides is 1. The summed E-state index contributed by atoms with van der Waals surface area (Å²) in [6.45, 7) is 1.05. The number of nitrogens with zero attached hydrogens (tertiary/aromatic N) is 3. The van der Waals surface area contributed by atoms with E-state index in [1.54, 1.807) is 11.3 Å². The number of nitrogens with one attached hydrogen (secondary N) is 1. The lowest BCUT2D eigenvalue weighted by atomic mass is 10.1. The van der Waals surface area contributed by atoms with Gasteiger partial charge < -0.3 is 5.32 Å². The molecule has 0 amide bonds. The van der Waals surface area contributed by atoms with E-state index >= 15 is 0 Å². The van der Waals surface area contributed by atoms with E-state index in [1.807, 2.05) is 41.8 Å². The number of aromatic nitrogens is 2. The predicted octanol–water partition coefficient (Wildman–Crippen LogP) is 3.19. The molecular weight excluding hydrogens is 368 g/mol. The third kappa shape index (κ3) is 3.58. The number of rotatable bonds is 4. The Morgan fingerprint density at radius 2 is 2.04 bits per heavy atom. The number of para-hydroxylation sites is 1. The first-order valence-corrected chi connectivity index (χ1v) is 11.3. The molecule has 6 nitrogen and oxygen atoms in total. The lowest BCUT2D eigenvalue weighted by molar-refractivity contribution is 0.329. The van der Waals surface area contributed by atoms with Crippen LogP contribution < -0.4 is 5.32 Å². The van der Waals surface area contributed by atoms with E-state index in [0.29, 0.717) is 18.9 Å². The smallest absolute Gasteiger partial charge is 0.211 e. The Kier molecular flexibility index (Phi) is 4.64. The minimum Gasteiger partial charge on any atom is -0.365 e. The van der Waals surface area contributed by atoms with Crippen LogP contribution in [-0.4, -0.2) is 48.1 Å². The molecule has 1 atom stereocenters. The summed E-state index contributed by atoms with van der Waals surface area (Å²) in [5, 5.41) is 6.43. The molecule has 1 fully saturated rings. The zero-order valence-electron chi connectivity index (χ0n) is 14.4. The molecule has 0 aliphatic carbocycles. The van der Waals surface area contributed by atoms with Gasteiger partial charge in [-0.15, -0.1) is 11.3 Å². The monoisotopic (exact) mass is 388 g/mol. The van der Waals surface area contributed by atoms with Gasteiger partial charge in [0.1, 0.15) is 5.82 Å². The second-order valence-corrected chi connectivity index (χ2v) is 9.42. The van der Waals surface area contributed by atoms with E-state index < -0.39 is 10.0 Å². The molecule has 1 aromatic carbocycles. The van der Waals surface area contributed by atoms with Crippen LogP contribution in [0.1, 0.15) is 12.8 Å². The van der Waals surface area contributed by atoms with Crippen molar-refractivity contribution >= 4 is 38.1 Å². The highest BCUT2D eigenvalue weighted by molar-refractivity contribution is 7.88. The molecule has 26 heavy (non-hydrogen) atoms. The van der Waals surface area contributed by atoms with Crippen molar-refractivity contribution in [1.29, 1.82) is 0 Å². The standard InChI is InChI=1S/C18H20N4O2S2/c1-26(23,24)22-10-4-6-13(12-22)19-17-14-7-2-3-8-15(14)20-18(21-17)16-9-5-11-25-16/h2-3,5,7-9,11,13H,4,6,10,12H2,1H3,(H,19,20,21). The van der Waals surface area contributed by atoms with E-state index in [9.17, 15) is 8.42 Å². The molecule has 0 saturated carbocycles. The van der Waals surface area contributed by atoms with Crippen molar-refractivity contribution < 1.29 is 8.42 Å². The number of hydrogen-bond acceptors (Lipinski definition) is 6. The summed E-state index contributed by atoms with van der Waals surface area (Å²) in [7, 11) is -3.17. The number of thiophene rings is 1. The maximum atomic E-state index is 11.9. The van der Waals surface area contributed by atoms with Crippen LogP contribution in [0.4, 0.5) is 5.82 Å². The molecular formula is C18H20N4O2S2. The van der Waals surface area contributed by atoms with Crippen molar-refractivity contribution in [3.8, 4) is 10.7 Å². The Bertz CT molecular complexity index is 1020. The van der Waals surface area contributed by atoms with Gasteiger partial charge in [-0.05, 0) is 36.4 Å². The first-order chi connectivity index (χ1) is 12.5. The van der Waals surface area contributed by atoms with E-state index in [4.69, 9.17) is 4.98 Å². The minimum absolute atomic E-state index is 0.0352. The average molecular weight is 389 g/mol. The van der Waals surface area contributed by atoms with Gasteiger partial charge in [0, 0.05) is 24.5 Å². The fourth-order valence-electron chi connectivity index (χ4n) is 3.26. The summed E-state index contributed by atoms with van der Waals surface area (Å²) >= 11 is 1.60. The summed E-state index contributed by atoms with van der Waals surface area (Å²) in [6, 6.07) is 11.9. The van der Waals surface area contributed by atoms with Crippen LogP contribution in [0.15, 0.2) is 41.8 Å². The topological polar surface area (TPSA) is 75.2 Å². The van der Waals surface area contributed by atoms with Crippen LogP contribution in [0, 0.1) is 0 Å². The Morgan fingerprint density at radius 1 is 1.19 bits per heavy atom. The highest BCUT2D eigenvalue weighted by Gasteiger charge is 2.26. The molecule has 2 aromatic heterocycles. The van der Waals surface area contributed by atoms with Crippen LogP contribution in [0.25, 0.3) is 21.6 Å². The maximum Gasteiger partial charge on any atom is 0.211 e. The van der Waals surface area contributed by atoms with Crippen LogP contribution >= 0.6 is 11.3 Å². The SMILES string of the molecule is CS(=O)(=O)N1CCCC(Nc2nc(-c3cccs3)nc3ccccc23)C1. The Morgan fingerprint density at radius 3 is 2.81 bits per heavy atom. The molecule has 1 saturated heterocycles. The van der Waals surface area contributed by atoms with E-state index in [1.165, 1.54) is 10.6 Å². The van der Waals surface area contributed by atoms with Gasteiger partial charge in [-0.1, -0.05) is 18.2 Å². The van der Waals surface area contributed by atoms with Crippen molar-refractivity contribution in [2.45, 2.75) is 18.9 Å². The molecule has 8 heteroatoms. The second-order valence-electron chi connectivity index (χ2n) is 6.49. The first kappa shape index (κ1) is 17.4. The molecule has 1 aliphatic heterocycles. The van der Waals surface area contributed by atoms with Gasteiger partial charge in [0.15, 0.2) is 5.82 Å². The zero-order chi connectivity index (χ0) is 18.1. The van der Waals surface area contributed by atoms with Gasteiger partial charge >= 0.3 is 0 Å². The number of hydrogen-bond donors (Lipinski definition) is 1. The molecule has 0 spiro atoms. The Labute approximate surface area is 157 Å². The fraction of sp³-hybridized carbons (Fsp3) is 0.333. The summed E-state index contributed by atoms with van der Waals surface area (Å²) in [4.78, 5) is 10.4. The van der Waals surface area contributed by atoms with E-state index in [0.717, 1.165) is 34.4 Å². The van der Waals surface area contributed by atoms with Crippen molar-refractivity contribution in [3.63, 3.8) is 0 Å². The van der Waals surface area contributed by atoms with Crippen LogP contribution in [0.3, 0.4) is 0 Å². The molecule has 4 rings (SSSR count). The number of benzene rings is 1. The maximum absolute atomic E-state index is 11.9. The van der Waals surface area contributed by atoms with Crippen molar-refractivity contribution in [3.05, 3.63) is 41.8 Å². The average Bonchev–Trinajstić information content (AvgIpc) is 3.16. The van der Waals surface area contributed by atoms with Crippen molar-refractivity contribution in [2.75, 3.05) is 24.7 Å². The van der Waals surface area contributed by atoms with E-state index in [2.05, 4.69) is 10.3 Å². The third-order valence-electron chi connectivity index (χ3n) is 4.54. The quantitative estimate of drug-likeness (QED) is 0.743. The lowest BCUT2D eigenvalue weighted by Crippen LogP contribution is -2.44. The molecule has 3 aromatic rings. The van der Waals surface area contributed by atoms with Crippen LogP contribution in [0.5, 0.6) is 0 Å². The first-order valence-electron chi connectivity index (χ1n) is 8.53. The second kappa shape index (κ2) is 6.94. The summed E-state index contributed by atoms with van der Waals surface area (Å²) in [5.41, 5.74) is 0.879. The normalized spacial score (nSPS) is 18.9. The zero-order valence-corrected chi connectivity index (χ0v) is 16.1. The Balaban J connectivity index is 1.69. The highest BCUT2D eigenvalue weighted by Crippen LogP contribution is 2.28. The van der Waals surface area contributed by atoms with Gasteiger partial charge in [0.2, 0.25) is 10.0 Å². The molecule has 1 N–H and O–H groups in total. The van der Waals surface area contributed by atoms with Crippen molar-refractivity contribution in [1.82, 2.24) is 14.3 Å². The van der Waals surface area contributed by atoms with Gasteiger partial charge in [-0.2, -0.15) is 0 Å². The lowest BCUT2D eigenvalue weighted by Gasteiger charge is -2.31. The number of piperidine rings is 1. The minimum atomic E-state index is -3.17. The highest BCUT2D eigenvalue weighted by atomic mass is 32.2. The predicted molar refractivity (Wildman–Crippen MR) is 106 cm³/mol. The summed E-state index contributed by atoms with van der Waals surface area (Å²) < 4.78 is 25.3. The van der Waals surface area contributed by atoms with Crippen molar-refractivity contribution in [2.24, 2.45) is 0 Å². The van der Waals surface area contributed by atoms with Crippen LogP contribution in [-0.2, 0) is 10.0 Å². The molecule has 0 radical (unpaired) electrons. The molecule has 3 heterocycles. The molecule has 1 aliphatic rings. The fourth-order valence-corrected chi connectivity index (χ4v) is 4.83. The molecule has 1 unspecified atom stereocenters. The van der Waals surface area contributed by atoms with Crippen LogP contribution in [0.2, 0.25) is 0 Å². The largest absolute Gasteiger partial charge is 0.365 e. The number of fused-ring (bicyclic) bond motifs is 1. The summed E-state index contributed by atoms with van der Waals surface area (Å²) in [5.74, 6) is 1.45. The number of anilines is 1. The van der Waals surface area contributed by atoms with Gasteiger partial charge in [0.05, 0.1) is 16.6 Å². The molecule has 136 valence electrons. The van der Waals surface area contributed by atoms with Gasteiger partial charge in [-0.3, -0.25) is 0 Å². The summed E-state index contributed by atoms with van der Waals surface area (Å²) in [6.07, 6.45) is 3.02. The third-order valence-corrected chi connectivity index (χ3v) is 6.67. The van der Waals surface area contributed by atoms with E-state index in [-0.39, 0.29) is 6.04 Å². The Hall–Kier alpha value is -2.03.